The van der Waals surface area contributed by atoms with Gasteiger partial charge in [0.1, 0.15) is 12.4 Å². The number of likely N-dealkylation sites (tertiary alicyclic amines) is 2. The van der Waals surface area contributed by atoms with Gasteiger partial charge >= 0.3 is 0 Å². The number of rotatable bonds is 6. The number of piperidine rings is 1. The number of hydrogen-bond donors (Lipinski definition) is 0. The van der Waals surface area contributed by atoms with Crippen LogP contribution in [0.2, 0.25) is 0 Å². The van der Waals surface area contributed by atoms with Gasteiger partial charge in [-0.1, -0.05) is 0 Å². The number of ether oxygens (including phenoxy) is 1. The molecule has 1 aromatic heterocycles. The first-order valence-corrected chi connectivity index (χ1v) is 11.3. The van der Waals surface area contributed by atoms with Gasteiger partial charge < -0.3 is 19.4 Å². The molecule has 0 bridgehead atoms. The molecule has 1 aromatic rings. The molecular formula is C22H33N5O3. The van der Waals surface area contributed by atoms with Gasteiger partial charge in [0.15, 0.2) is 5.82 Å². The zero-order valence-corrected chi connectivity index (χ0v) is 18.2. The van der Waals surface area contributed by atoms with E-state index < -0.39 is 0 Å². The van der Waals surface area contributed by atoms with Gasteiger partial charge in [0.25, 0.3) is 0 Å². The number of nitrogens with zero attached hydrogens (tertiary/aromatic N) is 5. The number of aryl methyl sites for hydroxylation is 1. The van der Waals surface area contributed by atoms with E-state index in [1.54, 1.807) is 0 Å². The standard InChI is InChI=1S/C22H33N5O3/c1-16-17-7-5-10-25(2)22(17)24-21(23-16)18-8-3-4-12-27(18)20(29)15-30-14-13-26-11-6-9-19(26)28/h18H,3-15H2,1-2H3/t18-/m0/s1. The van der Waals surface area contributed by atoms with E-state index in [9.17, 15) is 9.59 Å². The van der Waals surface area contributed by atoms with Crippen molar-refractivity contribution in [3.05, 3.63) is 17.1 Å². The number of hydrogen-bond acceptors (Lipinski definition) is 6. The zero-order chi connectivity index (χ0) is 21.1. The van der Waals surface area contributed by atoms with E-state index in [0.29, 0.717) is 26.1 Å². The van der Waals surface area contributed by atoms with Crippen molar-refractivity contribution >= 4 is 17.6 Å². The van der Waals surface area contributed by atoms with Crippen molar-refractivity contribution in [1.82, 2.24) is 19.8 Å². The molecule has 8 heteroatoms. The van der Waals surface area contributed by atoms with E-state index in [2.05, 4.69) is 18.9 Å². The SMILES string of the molecule is Cc1nc([C@@H]2CCCCN2C(=O)COCCN2CCCC2=O)nc2c1CCCN2C. The van der Waals surface area contributed by atoms with Crippen LogP contribution in [0.3, 0.4) is 0 Å². The summed E-state index contributed by atoms with van der Waals surface area (Å²) in [6, 6.07) is -0.0886. The maximum atomic E-state index is 12.9. The van der Waals surface area contributed by atoms with Crippen LogP contribution in [0.4, 0.5) is 5.82 Å². The van der Waals surface area contributed by atoms with Crippen LogP contribution < -0.4 is 4.90 Å². The van der Waals surface area contributed by atoms with Gasteiger partial charge in [0.05, 0.1) is 12.6 Å². The van der Waals surface area contributed by atoms with Crippen molar-refractivity contribution in [3.63, 3.8) is 0 Å². The smallest absolute Gasteiger partial charge is 0.249 e. The van der Waals surface area contributed by atoms with E-state index in [1.165, 1.54) is 5.56 Å². The molecule has 164 valence electrons. The number of aromatic nitrogens is 2. The monoisotopic (exact) mass is 415 g/mol. The Hall–Kier alpha value is -2.22. The number of carbonyl (C=O) groups excluding carboxylic acids is 2. The predicted octanol–water partition coefficient (Wildman–Crippen LogP) is 1.86. The molecule has 0 radical (unpaired) electrons. The minimum atomic E-state index is -0.0886. The summed E-state index contributed by atoms with van der Waals surface area (Å²) in [5.74, 6) is 1.95. The summed E-state index contributed by atoms with van der Waals surface area (Å²) in [6.45, 7) is 5.58. The first kappa shape index (κ1) is 21.0. The fraction of sp³-hybridized carbons (Fsp3) is 0.727. The minimum absolute atomic E-state index is 0.0141. The van der Waals surface area contributed by atoms with Crippen LogP contribution >= 0.6 is 0 Å². The van der Waals surface area contributed by atoms with Crippen molar-refractivity contribution < 1.29 is 14.3 Å². The lowest BCUT2D eigenvalue weighted by atomic mass is 9.99. The molecule has 2 amide bonds. The first-order chi connectivity index (χ1) is 14.5. The van der Waals surface area contributed by atoms with Crippen LogP contribution in [0.25, 0.3) is 0 Å². The fourth-order valence-electron chi connectivity index (χ4n) is 4.81. The third-order valence-electron chi connectivity index (χ3n) is 6.51. The fourth-order valence-corrected chi connectivity index (χ4v) is 4.81. The Morgan fingerprint density at radius 2 is 1.93 bits per heavy atom. The quantitative estimate of drug-likeness (QED) is 0.660. The maximum absolute atomic E-state index is 12.9. The Kier molecular flexibility index (Phi) is 6.51. The summed E-state index contributed by atoms with van der Waals surface area (Å²) in [6.07, 6.45) is 6.65. The predicted molar refractivity (Wildman–Crippen MR) is 113 cm³/mol. The molecule has 3 aliphatic rings. The van der Waals surface area contributed by atoms with Gasteiger partial charge in [0, 0.05) is 50.9 Å². The Bertz CT molecular complexity index is 799. The largest absolute Gasteiger partial charge is 0.370 e. The molecular weight excluding hydrogens is 382 g/mol. The van der Waals surface area contributed by atoms with E-state index in [-0.39, 0.29) is 24.5 Å². The zero-order valence-electron chi connectivity index (χ0n) is 18.2. The van der Waals surface area contributed by atoms with Crippen LogP contribution in [-0.2, 0) is 20.7 Å². The van der Waals surface area contributed by atoms with Gasteiger partial charge in [-0.3, -0.25) is 9.59 Å². The third kappa shape index (κ3) is 4.43. The molecule has 0 spiro atoms. The lowest BCUT2D eigenvalue weighted by Crippen LogP contribution is -2.42. The molecule has 4 rings (SSSR count). The van der Waals surface area contributed by atoms with Crippen LogP contribution in [0.1, 0.15) is 61.6 Å². The summed E-state index contributed by atoms with van der Waals surface area (Å²) in [5.41, 5.74) is 2.27. The molecule has 8 nitrogen and oxygen atoms in total. The first-order valence-electron chi connectivity index (χ1n) is 11.3. The summed E-state index contributed by atoms with van der Waals surface area (Å²) in [7, 11) is 2.08. The lowest BCUT2D eigenvalue weighted by Gasteiger charge is -2.36. The number of amides is 2. The Morgan fingerprint density at radius 3 is 2.73 bits per heavy atom. The Balaban J connectivity index is 1.40. The van der Waals surface area contributed by atoms with Gasteiger partial charge in [-0.15, -0.1) is 0 Å². The van der Waals surface area contributed by atoms with Gasteiger partial charge in [0.2, 0.25) is 11.8 Å². The van der Waals surface area contributed by atoms with Crippen molar-refractivity contribution in [2.24, 2.45) is 0 Å². The molecule has 1 atom stereocenters. The van der Waals surface area contributed by atoms with Crippen molar-refractivity contribution in [1.29, 1.82) is 0 Å². The average molecular weight is 416 g/mol. The number of anilines is 1. The highest BCUT2D eigenvalue weighted by Gasteiger charge is 2.32. The number of fused-ring (bicyclic) bond motifs is 1. The van der Waals surface area contributed by atoms with Gasteiger partial charge in [-0.25, -0.2) is 9.97 Å². The molecule has 0 aromatic carbocycles. The molecule has 2 fully saturated rings. The molecule has 0 aliphatic carbocycles. The molecule has 0 saturated carbocycles. The Labute approximate surface area is 178 Å². The maximum Gasteiger partial charge on any atom is 0.249 e. The number of carbonyl (C=O) groups is 2. The molecule has 3 aliphatic heterocycles. The highest BCUT2D eigenvalue weighted by atomic mass is 16.5. The third-order valence-corrected chi connectivity index (χ3v) is 6.51. The lowest BCUT2D eigenvalue weighted by molar-refractivity contribution is -0.140. The van der Waals surface area contributed by atoms with Crippen molar-refractivity contribution in [2.45, 2.75) is 57.9 Å². The van der Waals surface area contributed by atoms with E-state index in [4.69, 9.17) is 14.7 Å². The molecule has 4 heterocycles. The average Bonchev–Trinajstić information content (AvgIpc) is 3.16. The normalized spacial score (nSPS) is 21.9. The summed E-state index contributed by atoms with van der Waals surface area (Å²) in [5, 5.41) is 0. The van der Waals surface area contributed by atoms with Crippen molar-refractivity contribution in [2.75, 3.05) is 51.3 Å². The van der Waals surface area contributed by atoms with Crippen LogP contribution in [0.5, 0.6) is 0 Å². The highest BCUT2D eigenvalue weighted by Crippen LogP contribution is 2.33. The Morgan fingerprint density at radius 1 is 1.10 bits per heavy atom. The molecule has 30 heavy (non-hydrogen) atoms. The second-order valence-electron chi connectivity index (χ2n) is 8.63. The summed E-state index contributed by atoms with van der Waals surface area (Å²) >= 11 is 0. The summed E-state index contributed by atoms with van der Waals surface area (Å²) in [4.78, 5) is 40.3. The van der Waals surface area contributed by atoms with Gasteiger partial charge in [-0.05, 0) is 45.4 Å². The topological polar surface area (TPSA) is 78.9 Å². The van der Waals surface area contributed by atoms with E-state index >= 15 is 0 Å². The highest BCUT2D eigenvalue weighted by molar-refractivity contribution is 5.78. The summed E-state index contributed by atoms with van der Waals surface area (Å²) < 4.78 is 5.64. The van der Waals surface area contributed by atoms with Crippen LogP contribution in [0.15, 0.2) is 0 Å². The minimum Gasteiger partial charge on any atom is -0.370 e. The van der Waals surface area contributed by atoms with Crippen LogP contribution in [-0.4, -0.2) is 78.0 Å². The van der Waals surface area contributed by atoms with E-state index in [1.807, 2.05) is 9.80 Å². The van der Waals surface area contributed by atoms with E-state index in [0.717, 1.165) is 69.0 Å². The van der Waals surface area contributed by atoms with Crippen LogP contribution in [0, 0.1) is 6.92 Å². The molecule has 0 unspecified atom stereocenters. The second kappa shape index (κ2) is 9.29. The van der Waals surface area contributed by atoms with Gasteiger partial charge in [-0.2, -0.15) is 0 Å². The molecule has 2 saturated heterocycles. The molecule has 0 N–H and O–H groups in total. The second-order valence-corrected chi connectivity index (χ2v) is 8.63. The van der Waals surface area contributed by atoms with Crippen molar-refractivity contribution in [3.8, 4) is 0 Å².